The number of aromatic nitrogens is 1. The maximum absolute atomic E-state index is 6.09. The van der Waals surface area contributed by atoms with Gasteiger partial charge in [-0.25, -0.2) is 4.98 Å². The molecule has 0 bridgehead atoms. The number of rotatable bonds is 5. The van der Waals surface area contributed by atoms with Crippen molar-refractivity contribution in [3.8, 4) is 11.6 Å². The SMILES string of the molecule is CN1C=CN(c2[c-]c3c(cc2)P(c2ccccc2)c2ccccc2B3c2[c-]c(Oc3ccccn3)ccc2)[CH-]1.[Pt]. The molecule has 0 N–H and O–H groups in total. The Morgan fingerprint density at radius 3 is 2.42 bits per heavy atom. The Balaban J connectivity index is 0.00000289. The largest absolute Gasteiger partial charge is 0.510 e. The second-order valence-corrected chi connectivity index (χ2v) is 11.7. The van der Waals surface area contributed by atoms with Crippen LogP contribution in [0, 0.1) is 18.8 Å². The summed E-state index contributed by atoms with van der Waals surface area (Å²) < 4.78 is 6.09. The van der Waals surface area contributed by atoms with Crippen LogP contribution in [0.3, 0.4) is 0 Å². The van der Waals surface area contributed by atoms with E-state index in [2.05, 4.69) is 108 Å². The quantitative estimate of drug-likeness (QED) is 0.156. The number of fused-ring (bicyclic) bond motifs is 2. The first-order valence-electron chi connectivity index (χ1n) is 12.9. The number of hydrogen-bond donors (Lipinski definition) is 0. The van der Waals surface area contributed by atoms with Crippen LogP contribution < -0.4 is 41.9 Å². The molecule has 2 aliphatic heterocycles. The van der Waals surface area contributed by atoms with E-state index in [9.17, 15) is 0 Å². The molecule has 5 aromatic rings. The molecule has 4 aromatic carbocycles. The number of pyridine rings is 1. The van der Waals surface area contributed by atoms with Gasteiger partial charge in [-0.1, -0.05) is 74.0 Å². The van der Waals surface area contributed by atoms with E-state index in [-0.39, 0.29) is 27.8 Å². The second kappa shape index (κ2) is 11.5. The molecule has 7 rings (SSSR count). The van der Waals surface area contributed by atoms with Gasteiger partial charge in [-0.3, -0.25) is 0 Å². The van der Waals surface area contributed by atoms with Crippen LogP contribution in [0.5, 0.6) is 11.6 Å². The third kappa shape index (κ3) is 5.01. The van der Waals surface area contributed by atoms with Crippen LogP contribution in [0.1, 0.15) is 0 Å². The Bertz CT molecular complexity index is 1670. The Morgan fingerprint density at radius 1 is 0.800 bits per heavy atom. The third-order valence-electron chi connectivity index (χ3n) is 6.97. The standard InChI is InChI=1S/C33H24BN3OP.Pt/c1-36-20-21-37(24-36)26-17-18-32-30(23-26)34(25-10-9-11-27(22-25)38-33-16-7-8-19-35-33)29-14-5-6-15-31(29)39(32)28-12-3-2-4-13-28;/h2-21,24H,1H3;/q-3;. The van der Waals surface area contributed by atoms with Crippen LogP contribution in [0.25, 0.3) is 0 Å². The van der Waals surface area contributed by atoms with E-state index < -0.39 is 7.92 Å². The van der Waals surface area contributed by atoms with Crippen LogP contribution >= 0.6 is 7.92 Å². The van der Waals surface area contributed by atoms with Crippen molar-refractivity contribution in [2.75, 3.05) is 11.9 Å². The predicted molar refractivity (Wildman–Crippen MR) is 162 cm³/mol. The molecule has 0 radical (unpaired) electrons. The van der Waals surface area contributed by atoms with E-state index in [1.165, 1.54) is 26.8 Å². The van der Waals surface area contributed by atoms with Gasteiger partial charge in [0.2, 0.25) is 5.88 Å². The number of anilines is 1. The van der Waals surface area contributed by atoms with Gasteiger partial charge < -0.3 is 14.5 Å². The Labute approximate surface area is 251 Å². The molecular weight excluding hydrogens is 691 g/mol. The van der Waals surface area contributed by atoms with E-state index in [0.717, 1.165) is 11.2 Å². The van der Waals surface area contributed by atoms with Crippen molar-refractivity contribution in [3.05, 3.63) is 141 Å². The smallest absolute Gasteiger partial charge is 0.216 e. The zero-order valence-electron chi connectivity index (χ0n) is 21.7. The summed E-state index contributed by atoms with van der Waals surface area (Å²) in [6.07, 6.45) is 5.84. The summed E-state index contributed by atoms with van der Waals surface area (Å²) in [6, 6.07) is 43.4. The normalized spacial score (nSPS) is 15.3. The van der Waals surface area contributed by atoms with Gasteiger partial charge in [-0.2, -0.15) is 41.9 Å². The molecule has 0 spiro atoms. The van der Waals surface area contributed by atoms with Crippen molar-refractivity contribution in [1.29, 1.82) is 0 Å². The number of ether oxygens (including phenoxy) is 1. The summed E-state index contributed by atoms with van der Waals surface area (Å²) in [5, 5.41) is 4.03. The molecule has 1 aromatic heterocycles. The topological polar surface area (TPSA) is 28.6 Å². The Morgan fingerprint density at radius 2 is 1.62 bits per heavy atom. The molecule has 4 nitrogen and oxygen atoms in total. The van der Waals surface area contributed by atoms with E-state index in [4.69, 9.17) is 4.74 Å². The average Bonchev–Trinajstić information content (AvgIpc) is 3.43. The van der Waals surface area contributed by atoms with E-state index in [1.807, 2.05) is 48.5 Å². The van der Waals surface area contributed by atoms with Gasteiger partial charge in [0.05, 0.1) is 0 Å². The van der Waals surface area contributed by atoms with E-state index in [0.29, 0.717) is 11.6 Å². The molecule has 3 heterocycles. The van der Waals surface area contributed by atoms with Crippen LogP contribution in [0.15, 0.2) is 122 Å². The van der Waals surface area contributed by atoms with Crippen LogP contribution in [0.2, 0.25) is 0 Å². The first-order valence-corrected chi connectivity index (χ1v) is 14.2. The van der Waals surface area contributed by atoms with E-state index >= 15 is 0 Å². The molecule has 0 saturated heterocycles. The third-order valence-corrected chi connectivity index (χ3v) is 9.55. The van der Waals surface area contributed by atoms with Gasteiger partial charge in [0.1, 0.15) is 0 Å². The molecule has 2 aliphatic rings. The maximum Gasteiger partial charge on any atom is 0.216 e. The molecule has 0 aliphatic carbocycles. The molecular formula is C33H24BN3OPPt-3. The maximum atomic E-state index is 6.09. The minimum Gasteiger partial charge on any atom is -0.510 e. The van der Waals surface area contributed by atoms with Gasteiger partial charge in [-0.15, -0.1) is 29.2 Å². The average molecular weight is 715 g/mol. The monoisotopic (exact) mass is 715 g/mol. The zero-order chi connectivity index (χ0) is 26.2. The Hall–Kier alpha value is -3.65. The van der Waals surface area contributed by atoms with Crippen molar-refractivity contribution < 1.29 is 25.8 Å². The van der Waals surface area contributed by atoms with Gasteiger partial charge in [0.15, 0.2) is 6.71 Å². The fraction of sp³-hybridized carbons (Fsp3) is 0.0303. The van der Waals surface area contributed by atoms with Crippen LogP contribution in [-0.4, -0.2) is 23.6 Å². The summed E-state index contributed by atoms with van der Waals surface area (Å²) in [6.45, 7) is 2.03. The van der Waals surface area contributed by atoms with Crippen molar-refractivity contribution in [1.82, 2.24) is 9.88 Å². The van der Waals surface area contributed by atoms with Crippen molar-refractivity contribution in [3.63, 3.8) is 0 Å². The minimum atomic E-state index is -0.740. The fourth-order valence-electron chi connectivity index (χ4n) is 5.26. The summed E-state index contributed by atoms with van der Waals surface area (Å²) in [7, 11) is 1.29. The van der Waals surface area contributed by atoms with Gasteiger partial charge in [-0.05, 0) is 36.1 Å². The predicted octanol–water partition coefficient (Wildman–Crippen LogP) is 3.40. The van der Waals surface area contributed by atoms with E-state index in [1.54, 1.807) is 6.20 Å². The van der Waals surface area contributed by atoms with Crippen LogP contribution in [-0.2, 0) is 21.1 Å². The Kier molecular flexibility index (Phi) is 7.61. The molecule has 7 heteroatoms. The first kappa shape index (κ1) is 26.6. The summed E-state index contributed by atoms with van der Waals surface area (Å²) in [4.78, 5) is 8.49. The van der Waals surface area contributed by atoms with Crippen molar-refractivity contribution in [2.45, 2.75) is 0 Å². The molecule has 0 fully saturated rings. The van der Waals surface area contributed by atoms with Crippen molar-refractivity contribution in [2.24, 2.45) is 0 Å². The first-order chi connectivity index (χ1) is 19.2. The number of nitrogens with zero attached hydrogens (tertiary/aromatic N) is 3. The van der Waals surface area contributed by atoms with Gasteiger partial charge in [0.25, 0.3) is 0 Å². The van der Waals surface area contributed by atoms with Gasteiger partial charge in [0, 0.05) is 39.1 Å². The molecule has 40 heavy (non-hydrogen) atoms. The molecule has 1 unspecified atom stereocenters. The van der Waals surface area contributed by atoms with Crippen LogP contribution in [0.4, 0.5) is 5.69 Å². The molecule has 198 valence electrons. The molecule has 0 amide bonds. The fourth-order valence-corrected chi connectivity index (χ4v) is 7.89. The number of hydrogen-bond acceptors (Lipinski definition) is 4. The minimum absolute atomic E-state index is 0. The summed E-state index contributed by atoms with van der Waals surface area (Å²) in [5.74, 6) is 1.20. The molecule has 1 atom stereocenters. The summed E-state index contributed by atoms with van der Waals surface area (Å²) >= 11 is 0. The second-order valence-electron chi connectivity index (χ2n) is 9.53. The van der Waals surface area contributed by atoms with Crippen molar-refractivity contribution >= 4 is 52.6 Å². The number of benzene rings is 4. The van der Waals surface area contributed by atoms with Gasteiger partial charge >= 0.3 is 0 Å². The summed E-state index contributed by atoms with van der Waals surface area (Å²) in [5.41, 5.74) is 4.54. The zero-order valence-corrected chi connectivity index (χ0v) is 24.9. The molecule has 0 saturated carbocycles.